The van der Waals surface area contributed by atoms with Crippen molar-refractivity contribution in [3.63, 3.8) is 0 Å². The van der Waals surface area contributed by atoms with E-state index in [0.29, 0.717) is 0 Å². The lowest BCUT2D eigenvalue weighted by atomic mass is 10.2. The number of phenols is 1. The fraction of sp³-hybridized carbons (Fsp3) is 0.182. The molecule has 0 spiro atoms. The number of nitrogens with one attached hydrogen (secondary N) is 1. The second-order valence-electron chi connectivity index (χ2n) is 3.73. The van der Waals surface area contributed by atoms with Crippen LogP contribution >= 0.6 is 0 Å². The summed E-state index contributed by atoms with van der Waals surface area (Å²) in [4.78, 5) is 36.5. The molecule has 0 aliphatic rings. The van der Waals surface area contributed by atoms with Crippen molar-refractivity contribution in [3.05, 3.63) is 39.0 Å². The number of nitrogens with zero attached hydrogens (tertiary/aromatic N) is 1. The molecular formula is C11H10N2O5. The second-order valence-corrected chi connectivity index (χ2v) is 3.73. The van der Waals surface area contributed by atoms with Crippen LogP contribution < -0.4 is 11.2 Å². The molecule has 0 aliphatic carbocycles. The van der Waals surface area contributed by atoms with E-state index in [1.807, 2.05) is 0 Å². The summed E-state index contributed by atoms with van der Waals surface area (Å²) in [7, 11) is 0. The first-order valence-corrected chi connectivity index (χ1v) is 5.17. The van der Waals surface area contributed by atoms with E-state index in [1.165, 1.54) is 18.2 Å². The van der Waals surface area contributed by atoms with Crippen molar-refractivity contribution in [1.82, 2.24) is 9.55 Å². The lowest BCUT2D eigenvalue weighted by molar-refractivity contribution is -0.137. The summed E-state index contributed by atoms with van der Waals surface area (Å²) in [5.74, 6) is -1.36. The van der Waals surface area contributed by atoms with Crippen LogP contribution in [0.1, 0.15) is 6.42 Å². The molecule has 94 valence electrons. The highest BCUT2D eigenvalue weighted by Crippen LogP contribution is 2.17. The maximum atomic E-state index is 12.0. The van der Waals surface area contributed by atoms with Crippen LogP contribution in [0, 0.1) is 0 Å². The number of fused-ring (bicyclic) bond motifs is 1. The maximum absolute atomic E-state index is 12.0. The minimum atomic E-state index is -1.11. The van der Waals surface area contributed by atoms with Crippen molar-refractivity contribution in [2.45, 2.75) is 13.0 Å². The Morgan fingerprint density at radius 3 is 2.72 bits per heavy atom. The molecule has 2 rings (SSSR count). The van der Waals surface area contributed by atoms with E-state index in [2.05, 4.69) is 4.98 Å². The number of aromatic nitrogens is 2. The predicted octanol–water partition coefficient (Wildman–Crippen LogP) is -0.130. The Bertz CT molecular complexity index is 728. The monoisotopic (exact) mass is 250 g/mol. The number of hydrogen-bond acceptors (Lipinski definition) is 4. The van der Waals surface area contributed by atoms with Gasteiger partial charge in [0.2, 0.25) is 0 Å². The summed E-state index contributed by atoms with van der Waals surface area (Å²) >= 11 is 0. The van der Waals surface area contributed by atoms with Gasteiger partial charge in [-0.05, 0) is 12.1 Å². The quantitative estimate of drug-likeness (QED) is 0.702. The number of rotatable bonds is 3. The molecule has 0 radical (unpaired) electrons. The Balaban J connectivity index is 2.68. The van der Waals surface area contributed by atoms with Crippen molar-refractivity contribution in [2.24, 2.45) is 0 Å². The molecule has 1 heterocycles. The van der Waals surface area contributed by atoms with Crippen LogP contribution in [0.5, 0.6) is 5.75 Å². The zero-order valence-electron chi connectivity index (χ0n) is 9.21. The number of benzene rings is 1. The maximum Gasteiger partial charge on any atom is 0.328 e. The van der Waals surface area contributed by atoms with Gasteiger partial charge in [0.1, 0.15) is 11.1 Å². The summed E-state index contributed by atoms with van der Waals surface area (Å²) in [5.41, 5.74) is -1.18. The van der Waals surface area contributed by atoms with Gasteiger partial charge in [-0.15, -0.1) is 0 Å². The molecular weight excluding hydrogens is 240 g/mol. The molecule has 3 N–H and O–H groups in total. The molecule has 0 bridgehead atoms. The number of carbonyl (C=O) groups is 1. The van der Waals surface area contributed by atoms with E-state index in [4.69, 9.17) is 5.11 Å². The van der Waals surface area contributed by atoms with E-state index < -0.39 is 17.2 Å². The minimum absolute atomic E-state index is 0.0255. The smallest absolute Gasteiger partial charge is 0.328 e. The average Bonchev–Trinajstić information content (AvgIpc) is 2.27. The first-order chi connectivity index (χ1) is 8.50. The number of hydrogen-bond donors (Lipinski definition) is 3. The van der Waals surface area contributed by atoms with Crippen LogP contribution in [-0.2, 0) is 11.3 Å². The van der Waals surface area contributed by atoms with Crippen molar-refractivity contribution >= 4 is 16.9 Å². The van der Waals surface area contributed by atoms with Gasteiger partial charge >= 0.3 is 11.7 Å². The third-order valence-corrected chi connectivity index (χ3v) is 2.54. The van der Waals surface area contributed by atoms with E-state index in [9.17, 15) is 19.5 Å². The SMILES string of the molecule is O=C(O)CCn1c(=O)[nH]c2cccc(O)c2c1=O. The zero-order valence-corrected chi connectivity index (χ0v) is 9.21. The molecule has 7 nitrogen and oxygen atoms in total. The van der Waals surface area contributed by atoms with E-state index in [0.717, 1.165) is 4.57 Å². The first kappa shape index (κ1) is 11.9. The topological polar surface area (TPSA) is 112 Å². The standard InChI is InChI=1S/C11H10N2O5/c14-7-3-1-2-6-9(7)10(17)13(11(18)12-6)5-4-8(15)16/h1-3,14H,4-5H2,(H,12,18)(H,15,16). The Labute approximate surface area is 99.9 Å². The molecule has 0 saturated carbocycles. The lowest BCUT2D eigenvalue weighted by Crippen LogP contribution is -2.35. The van der Waals surface area contributed by atoms with Gasteiger partial charge in [0.05, 0.1) is 11.9 Å². The van der Waals surface area contributed by atoms with Crippen LogP contribution in [0.15, 0.2) is 27.8 Å². The molecule has 0 saturated heterocycles. The number of aliphatic carboxylic acids is 1. The van der Waals surface area contributed by atoms with Gasteiger partial charge in [0.15, 0.2) is 0 Å². The Morgan fingerprint density at radius 2 is 2.06 bits per heavy atom. The molecule has 18 heavy (non-hydrogen) atoms. The number of phenolic OH excluding ortho intramolecular Hbond substituents is 1. The van der Waals surface area contributed by atoms with Gasteiger partial charge in [0, 0.05) is 6.54 Å². The summed E-state index contributed by atoms with van der Waals surface area (Å²) < 4.78 is 0.760. The molecule has 2 aromatic rings. The summed E-state index contributed by atoms with van der Waals surface area (Å²) in [5, 5.41) is 18.1. The van der Waals surface area contributed by atoms with Crippen molar-refractivity contribution in [1.29, 1.82) is 0 Å². The number of H-pyrrole nitrogens is 1. The highest BCUT2D eigenvalue weighted by atomic mass is 16.4. The predicted molar refractivity (Wildman–Crippen MR) is 62.7 cm³/mol. The minimum Gasteiger partial charge on any atom is -0.507 e. The molecule has 1 aromatic carbocycles. The molecule has 0 atom stereocenters. The fourth-order valence-corrected chi connectivity index (χ4v) is 1.69. The molecule has 0 fully saturated rings. The van der Waals surface area contributed by atoms with Crippen LogP contribution in [0.3, 0.4) is 0 Å². The van der Waals surface area contributed by atoms with Crippen molar-refractivity contribution < 1.29 is 15.0 Å². The number of aromatic amines is 1. The lowest BCUT2D eigenvalue weighted by Gasteiger charge is -2.05. The van der Waals surface area contributed by atoms with Crippen LogP contribution in [0.4, 0.5) is 0 Å². The van der Waals surface area contributed by atoms with Crippen LogP contribution in [0.2, 0.25) is 0 Å². The molecule has 7 heteroatoms. The highest BCUT2D eigenvalue weighted by Gasteiger charge is 2.11. The largest absolute Gasteiger partial charge is 0.507 e. The van der Waals surface area contributed by atoms with Gasteiger partial charge in [-0.1, -0.05) is 6.07 Å². The van der Waals surface area contributed by atoms with Crippen molar-refractivity contribution in [3.8, 4) is 5.75 Å². The molecule has 1 aromatic heterocycles. The summed E-state index contributed by atoms with van der Waals surface area (Å²) in [6, 6.07) is 4.30. The summed E-state index contributed by atoms with van der Waals surface area (Å²) in [6.45, 7) is -0.242. The van der Waals surface area contributed by atoms with Crippen LogP contribution in [0.25, 0.3) is 10.9 Å². The summed E-state index contributed by atoms with van der Waals surface area (Å²) in [6.07, 6.45) is -0.345. The van der Waals surface area contributed by atoms with Crippen molar-refractivity contribution in [2.75, 3.05) is 0 Å². The molecule has 0 amide bonds. The van der Waals surface area contributed by atoms with Gasteiger partial charge < -0.3 is 15.2 Å². The average molecular weight is 250 g/mol. The van der Waals surface area contributed by atoms with Gasteiger partial charge in [-0.2, -0.15) is 0 Å². The normalized spacial score (nSPS) is 10.7. The van der Waals surface area contributed by atoms with Gasteiger partial charge in [-0.25, -0.2) is 4.79 Å². The third-order valence-electron chi connectivity index (χ3n) is 2.54. The number of aromatic hydroxyl groups is 1. The second kappa shape index (κ2) is 4.36. The Morgan fingerprint density at radius 1 is 1.33 bits per heavy atom. The highest BCUT2D eigenvalue weighted by molar-refractivity contribution is 5.83. The van der Waals surface area contributed by atoms with E-state index in [-0.39, 0.29) is 29.6 Å². The van der Waals surface area contributed by atoms with E-state index >= 15 is 0 Å². The first-order valence-electron chi connectivity index (χ1n) is 5.17. The van der Waals surface area contributed by atoms with Crippen LogP contribution in [-0.4, -0.2) is 25.7 Å². The molecule has 0 aliphatic heterocycles. The molecule has 0 unspecified atom stereocenters. The number of carboxylic acids is 1. The number of carboxylic acid groups (broad SMARTS) is 1. The van der Waals surface area contributed by atoms with Gasteiger partial charge in [0.25, 0.3) is 5.56 Å². The Hall–Kier alpha value is -2.57. The third kappa shape index (κ3) is 1.97. The fourth-order valence-electron chi connectivity index (χ4n) is 1.69. The zero-order chi connectivity index (χ0) is 13.3. The van der Waals surface area contributed by atoms with Gasteiger partial charge in [-0.3, -0.25) is 14.2 Å². The van der Waals surface area contributed by atoms with E-state index in [1.54, 1.807) is 0 Å². The Kier molecular flexibility index (Phi) is 2.88.